The Balaban J connectivity index is 2.70. The third kappa shape index (κ3) is 3.71. The van der Waals surface area contributed by atoms with Crippen molar-refractivity contribution in [1.29, 1.82) is 0 Å². The second-order valence-electron chi connectivity index (χ2n) is 3.92. The van der Waals surface area contributed by atoms with Crippen LogP contribution in [0.4, 0.5) is 5.82 Å². The fourth-order valence-corrected chi connectivity index (χ4v) is 1.08. The topological polar surface area (TPSA) is 78.0 Å². The fourth-order valence-electron chi connectivity index (χ4n) is 1.08. The molecule has 0 saturated carbocycles. The summed E-state index contributed by atoms with van der Waals surface area (Å²) in [6.07, 6.45) is 0.641. The number of hydrogen-bond acceptors (Lipinski definition) is 4. The highest BCUT2D eigenvalue weighted by atomic mass is 16.3. The van der Waals surface area contributed by atoms with Crippen LogP contribution in [-0.4, -0.2) is 27.2 Å². The summed E-state index contributed by atoms with van der Waals surface area (Å²) in [6, 6.07) is 1.37. The number of nitrogens with zero attached hydrogens (tertiary/aromatic N) is 1. The monoisotopic (exact) mass is 211 g/mol. The van der Waals surface area contributed by atoms with Crippen molar-refractivity contribution >= 4 is 5.82 Å². The van der Waals surface area contributed by atoms with Crippen LogP contribution in [0.5, 0.6) is 0 Å². The molecule has 0 radical (unpaired) electrons. The molecule has 0 amide bonds. The highest BCUT2D eigenvalue weighted by Gasteiger charge is 2.17. The third-order valence-electron chi connectivity index (χ3n) is 2.27. The number of nitrogens with one attached hydrogen (secondary N) is 2. The van der Waals surface area contributed by atoms with E-state index >= 15 is 0 Å². The van der Waals surface area contributed by atoms with Crippen LogP contribution < -0.4 is 10.9 Å². The van der Waals surface area contributed by atoms with Crippen molar-refractivity contribution in [3.8, 4) is 0 Å². The SMILES string of the molecule is CCC(C)(O)CNc1cc(=O)[nH]c(C)n1. The largest absolute Gasteiger partial charge is 0.388 e. The molecule has 5 heteroatoms. The number of rotatable bonds is 4. The van der Waals surface area contributed by atoms with Crippen LogP contribution in [0.3, 0.4) is 0 Å². The van der Waals surface area contributed by atoms with Crippen molar-refractivity contribution in [1.82, 2.24) is 9.97 Å². The second kappa shape index (κ2) is 4.44. The number of anilines is 1. The minimum Gasteiger partial charge on any atom is -0.388 e. The molecule has 1 aromatic heterocycles. The quantitative estimate of drug-likeness (QED) is 0.683. The molecule has 0 fully saturated rings. The van der Waals surface area contributed by atoms with E-state index in [0.717, 1.165) is 0 Å². The first-order chi connectivity index (χ1) is 6.93. The van der Waals surface area contributed by atoms with Gasteiger partial charge in [-0.15, -0.1) is 0 Å². The van der Waals surface area contributed by atoms with Crippen LogP contribution in [0, 0.1) is 6.92 Å². The fraction of sp³-hybridized carbons (Fsp3) is 0.600. The Morgan fingerprint density at radius 2 is 2.33 bits per heavy atom. The van der Waals surface area contributed by atoms with Gasteiger partial charge in [-0.25, -0.2) is 4.98 Å². The number of aliphatic hydroxyl groups is 1. The Kier molecular flexibility index (Phi) is 3.47. The molecule has 1 heterocycles. The van der Waals surface area contributed by atoms with Gasteiger partial charge in [-0.3, -0.25) is 4.79 Å². The smallest absolute Gasteiger partial charge is 0.252 e. The Morgan fingerprint density at radius 3 is 2.87 bits per heavy atom. The highest BCUT2D eigenvalue weighted by molar-refractivity contribution is 5.33. The average Bonchev–Trinajstić information content (AvgIpc) is 2.14. The first-order valence-electron chi connectivity index (χ1n) is 4.97. The zero-order chi connectivity index (χ0) is 11.5. The summed E-state index contributed by atoms with van der Waals surface area (Å²) in [5.74, 6) is 1.05. The van der Waals surface area contributed by atoms with Crippen LogP contribution in [0.1, 0.15) is 26.1 Å². The molecule has 0 aliphatic rings. The zero-order valence-corrected chi connectivity index (χ0v) is 9.29. The Morgan fingerprint density at radius 1 is 1.67 bits per heavy atom. The van der Waals surface area contributed by atoms with Crippen molar-refractivity contribution in [3.05, 3.63) is 22.2 Å². The molecule has 0 aromatic carbocycles. The van der Waals surface area contributed by atoms with Gasteiger partial charge >= 0.3 is 0 Å². The Labute approximate surface area is 88.6 Å². The van der Waals surface area contributed by atoms with Crippen molar-refractivity contribution in [2.45, 2.75) is 32.8 Å². The molecule has 1 aromatic rings. The molecular formula is C10H17N3O2. The molecule has 0 saturated heterocycles. The molecule has 1 unspecified atom stereocenters. The van der Waals surface area contributed by atoms with E-state index in [1.807, 2.05) is 6.92 Å². The number of aromatic nitrogens is 2. The van der Waals surface area contributed by atoms with Gasteiger partial charge in [0, 0.05) is 12.6 Å². The van der Waals surface area contributed by atoms with Crippen molar-refractivity contribution < 1.29 is 5.11 Å². The Hall–Kier alpha value is -1.36. The van der Waals surface area contributed by atoms with Gasteiger partial charge in [-0.05, 0) is 20.3 Å². The summed E-state index contributed by atoms with van der Waals surface area (Å²) in [5, 5.41) is 12.7. The van der Waals surface area contributed by atoms with Crippen LogP contribution >= 0.6 is 0 Å². The molecule has 15 heavy (non-hydrogen) atoms. The molecule has 5 nitrogen and oxygen atoms in total. The first-order valence-corrected chi connectivity index (χ1v) is 4.97. The molecule has 0 aliphatic carbocycles. The lowest BCUT2D eigenvalue weighted by atomic mass is 10.0. The van der Waals surface area contributed by atoms with Crippen molar-refractivity contribution in [2.24, 2.45) is 0 Å². The normalized spacial score (nSPS) is 14.7. The summed E-state index contributed by atoms with van der Waals surface area (Å²) in [6.45, 7) is 5.72. The molecule has 0 spiro atoms. The summed E-state index contributed by atoms with van der Waals surface area (Å²) in [5.41, 5.74) is -0.973. The number of aryl methyl sites for hydroxylation is 1. The standard InChI is InChI=1S/C10H17N3O2/c1-4-10(3,15)6-11-8-5-9(14)13-7(2)12-8/h5,15H,4,6H2,1-3H3,(H2,11,12,13,14). The lowest BCUT2D eigenvalue weighted by molar-refractivity contribution is 0.0696. The van der Waals surface area contributed by atoms with Gasteiger partial charge in [0.1, 0.15) is 11.6 Å². The first kappa shape index (κ1) is 11.7. The molecule has 0 bridgehead atoms. The molecule has 0 aliphatic heterocycles. The minimum atomic E-state index is -0.780. The third-order valence-corrected chi connectivity index (χ3v) is 2.27. The molecule has 1 rings (SSSR count). The van der Waals surface area contributed by atoms with E-state index in [1.54, 1.807) is 13.8 Å². The van der Waals surface area contributed by atoms with Gasteiger partial charge in [0.05, 0.1) is 5.60 Å². The predicted molar refractivity (Wildman–Crippen MR) is 59.0 cm³/mol. The predicted octanol–water partition coefficient (Wildman–Crippen LogP) is 0.651. The minimum absolute atomic E-state index is 0.193. The van der Waals surface area contributed by atoms with Gasteiger partial charge in [-0.1, -0.05) is 6.92 Å². The van der Waals surface area contributed by atoms with Gasteiger partial charge in [0.15, 0.2) is 0 Å². The van der Waals surface area contributed by atoms with Gasteiger partial charge in [-0.2, -0.15) is 0 Å². The van der Waals surface area contributed by atoms with Crippen molar-refractivity contribution in [2.75, 3.05) is 11.9 Å². The lowest BCUT2D eigenvalue weighted by Gasteiger charge is -2.21. The van der Waals surface area contributed by atoms with Crippen molar-refractivity contribution in [3.63, 3.8) is 0 Å². The van der Waals surface area contributed by atoms with Crippen LogP contribution in [-0.2, 0) is 0 Å². The van der Waals surface area contributed by atoms with Gasteiger partial charge < -0.3 is 15.4 Å². The Bertz CT molecular complexity index is 384. The van der Waals surface area contributed by atoms with E-state index in [-0.39, 0.29) is 5.56 Å². The molecule has 3 N–H and O–H groups in total. The number of aromatic amines is 1. The van der Waals surface area contributed by atoms with E-state index < -0.39 is 5.60 Å². The molecule has 84 valence electrons. The van der Waals surface area contributed by atoms with Gasteiger partial charge in [0.2, 0.25) is 0 Å². The highest BCUT2D eigenvalue weighted by Crippen LogP contribution is 2.09. The van der Waals surface area contributed by atoms with Crippen LogP contribution in [0.15, 0.2) is 10.9 Å². The van der Waals surface area contributed by atoms with E-state index in [1.165, 1.54) is 6.07 Å². The summed E-state index contributed by atoms with van der Waals surface area (Å²) >= 11 is 0. The summed E-state index contributed by atoms with van der Waals surface area (Å²) in [4.78, 5) is 17.8. The summed E-state index contributed by atoms with van der Waals surface area (Å²) < 4.78 is 0. The number of H-pyrrole nitrogens is 1. The van der Waals surface area contributed by atoms with E-state index in [2.05, 4.69) is 15.3 Å². The zero-order valence-electron chi connectivity index (χ0n) is 9.29. The van der Waals surface area contributed by atoms with E-state index in [0.29, 0.717) is 24.6 Å². The van der Waals surface area contributed by atoms with Crippen LogP contribution in [0.2, 0.25) is 0 Å². The molecular weight excluding hydrogens is 194 g/mol. The maximum atomic E-state index is 11.1. The lowest BCUT2D eigenvalue weighted by Crippen LogP contribution is -2.33. The summed E-state index contributed by atoms with van der Waals surface area (Å²) in [7, 11) is 0. The van der Waals surface area contributed by atoms with Crippen LogP contribution in [0.25, 0.3) is 0 Å². The van der Waals surface area contributed by atoms with Gasteiger partial charge in [0.25, 0.3) is 5.56 Å². The molecule has 1 atom stereocenters. The second-order valence-corrected chi connectivity index (χ2v) is 3.92. The average molecular weight is 211 g/mol. The maximum absolute atomic E-state index is 11.1. The van der Waals surface area contributed by atoms with E-state index in [9.17, 15) is 9.90 Å². The van der Waals surface area contributed by atoms with E-state index in [4.69, 9.17) is 0 Å². The maximum Gasteiger partial charge on any atom is 0.252 e. The number of hydrogen-bond donors (Lipinski definition) is 3.